The summed E-state index contributed by atoms with van der Waals surface area (Å²) in [5.41, 5.74) is 2.85. The number of hydrogen-bond donors (Lipinski definition) is 0. The highest BCUT2D eigenvalue weighted by molar-refractivity contribution is 7.89. The summed E-state index contributed by atoms with van der Waals surface area (Å²) in [6.45, 7) is 0.760. The Kier molecular flexibility index (Phi) is 6.30. The van der Waals surface area contributed by atoms with Crippen LogP contribution in [-0.2, 0) is 17.8 Å². The minimum atomic E-state index is -1.52. The molecule has 10 heteroatoms. The summed E-state index contributed by atoms with van der Waals surface area (Å²) in [4.78, 5) is 23.2. The normalized spacial score (nSPS) is 19.7. The van der Waals surface area contributed by atoms with Crippen molar-refractivity contribution in [3.8, 4) is 11.6 Å². The second-order valence-electron chi connectivity index (χ2n) is 9.31. The molecule has 192 valence electrons. The topological polar surface area (TPSA) is 96.2 Å². The van der Waals surface area contributed by atoms with Crippen LogP contribution in [0.5, 0.6) is 5.88 Å². The zero-order valence-electron chi connectivity index (χ0n) is 20.6. The first-order valence-electron chi connectivity index (χ1n) is 12.1. The van der Waals surface area contributed by atoms with Gasteiger partial charge in [-0.25, -0.2) is 14.1 Å². The second-order valence-corrected chi connectivity index (χ2v) is 10.8. The minimum Gasteiger partial charge on any atom is -0.593 e. The van der Waals surface area contributed by atoms with Crippen molar-refractivity contribution in [1.29, 1.82) is 0 Å². The Morgan fingerprint density at radius 1 is 1.11 bits per heavy atom. The molecule has 1 aromatic carbocycles. The molecule has 2 unspecified atom stereocenters. The largest absolute Gasteiger partial charge is 0.593 e. The highest BCUT2D eigenvalue weighted by Gasteiger charge is 2.51. The van der Waals surface area contributed by atoms with Gasteiger partial charge in [-0.15, -0.1) is 4.31 Å². The van der Waals surface area contributed by atoms with Crippen LogP contribution in [-0.4, -0.2) is 54.6 Å². The monoisotopic (exact) mass is 529 g/mol. The Morgan fingerprint density at radius 2 is 1.95 bits per heavy atom. The molecular weight excluding hydrogens is 505 g/mol. The van der Waals surface area contributed by atoms with E-state index in [4.69, 9.17) is 4.74 Å². The van der Waals surface area contributed by atoms with Crippen molar-refractivity contribution in [2.45, 2.75) is 17.7 Å². The molecule has 1 aliphatic heterocycles. The standard InChI is InChI=1S/C28H24FN5O3S/c1-37-26-10-9-23(17-31-26)38(36)33-13-11-20-14-25-19(16-32-34(25)22-7-5-21(29)6-8-22)15-28(20,18-33)27(35)24-4-2-3-12-30-24/h2-10,12,14,16-17H,11,13,15,18H2,1H3. The zero-order valence-corrected chi connectivity index (χ0v) is 21.4. The fourth-order valence-corrected chi connectivity index (χ4v) is 6.45. The van der Waals surface area contributed by atoms with Crippen molar-refractivity contribution in [1.82, 2.24) is 24.1 Å². The first-order valence-corrected chi connectivity index (χ1v) is 13.3. The SMILES string of the molecule is COc1ccc([S+]([O-])N2CCC3=Cc4c(cnn4-c4ccc(F)cc4)CC3(C(=O)c3ccccn3)C2)cn1. The highest BCUT2D eigenvalue weighted by Crippen LogP contribution is 2.47. The van der Waals surface area contributed by atoms with Crippen LogP contribution >= 0.6 is 0 Å². The number of benzene rings is 1. The average molecular weight is 530 g/mol. The number of carbonyl (C=O) groups excluding carboxylic acids is 1. The predicted molar refractivity (Wildman–Crippen MR) is 140 cm³/mol. The molecular formula is C28H24FN5O3S. The molecule has 2 atom stereocenters. The van der Waals surface area contributed by atoms with Crippen LogP contribution < -0.4 is 4.74 Å². The summed E-state index contributed by atoms with van der Waals surface area (Å²) in [7, 11) is 1.53. The Labute approximate surface area is 222 Å². The van der Waals surface area contributed by atoms with E-state index in [1.165, 1.54) is 19.2 Å². The number of ketones is 1. The number of rotatable bonds is 6. The van der Waals surface area contributed by atoms with E-state index in [9.17, 15) is 13.7 Å². The molecule has 1 saturated heterocycles. The Hall–Kier alpha value is -3.86. The van der Waals surface area contributed by atoms with Gasteiger partial charge < -0.3 is 9.29 Å². The van der Waals surface area contributed by atoms with E-state index in [1.807, 2.05) is 10.4 Å². The summed E-state index contributed by atoms with van der Waals surface area (Å²) in [6.07, 6.45) is 7.85. The summed E-state index contributed by atoms with van der Waals surface area (Å²) < 4.78 is 35.9. The fourth-order valence-electron chi connectivity index (χ4n) is 5.23. The molecule has 4 aromatic rings. The second kappa shape index (κ2) is 9.79. The number of halogens is 1. The summed E-state index contributed by atoms with van der Waals surface area (Å²) in [5, 5.41) is 4.57. The van der Waals surface area contributed by atoms with Gasteiger partial charge in [0.15, 0.2) is 10.7 Å². The van der Waals surface area contributed by atoms with Gasteiger partial charge in [0.1, 0.15) is 11.5 Å². The van der Waals surface area contributed by atoms with Crippen LogP contribution in [0, 0.1) is 11.2 Å². The zero-order chi connectivity index (χ0) is 26.3. The molecule has 38 heavy (non-hydrogen) atoms. The van der Waals surface area contributed by atoms with E-state index in [1.54, 1.807) is 65.7 Å². The molecule has 0 N–H and O–H groups in total. The van der Waals surface area contributed by atoms with Gasteiger partial charge in [-0.1, -0.05) is 11.6 Å². The predicted octanol–water partition coefficient (Wildman–Crippen LogP) is 4.05. The number of piperidine rings is 1. The van der Waals surface area contributed by atoms with Crippen molar-refractivity contribution >= 4 is 23.2 Å². The Bertz CT molecular complexity index is 1510. The number of fused-ring (bicyclic) bond motifs is 2. The maximum atomic E-state index is 14.1. The third-order valence-electron chi connectivity index (χ3n) is 7.14. The lowest BCUT2D eigenvalue weighted by Gasteiger charge is -2.44. The van der Waals surface area contributed by atoms with Crippen molar-refractivity contribution < 1.29 is 18.5 Å². The van der Waals surface area contributed by atoms with Gasteiger partial charge in [-0.3, -0.25) is 9.78 Å². The molecule has 8 nitrogen and oxygen atoms in total. The van der Waals surface area contributed by atoms with E-state index < -0.39 is 16.8 Å². The Morgan fingerprint density at radius 3 is 2.66 bits per heavy atom. The first-order chi connectivity index (χ1) is 18.5. The summed E-state index contributed by atoms with van der Waals surface area (Å²) in [6, 6.07) is 14.8. The molecule has 2 aliphatic rings. The first kappa shape index (κ1) is 24.5. The maximum absolute atomic E-state index is 14.1. The number of methoxy groups -OCH3 is 1. The summed E-state index contributed by atoms with van der Waals surface area (Å²) in [5.74, 6) is 0.00835. The number of ether oxygens (including phenoxy) is 1. The highest BCUT2D eigenvalue weighted by atomic mass is 32.2. The molecule has 3 aromatic heterocycles. The molecule has 1 fully saturated rings. The van der Waals surface area contributed by atoms with Crippen molar-refractivity contribution in [3.05, 3.63) is 102 Å². The molecule has 1 aliphatic carbocycles. The molecule has 0 spiro atoms. The van der Waals surface area contributed by atoms with Gasteiger partial charge in [-0.2, -0.15) is 5.10 Å². The van der Waals surface area contributed by atoms with Crippen LogP contribution in [0.3, 0.4) is 0 Å². The molecule has 4 heterocycles. The third kappa shape index (κ3) is 4.20. The van der Waals surface area contributed by atoms with E-state index in [0.29, 0.717) is 35.9 Å². The van der Waals surface area contributed by atoms with Gasteiger partial charge in [0.25, 0.3) is 0 Å². The van der Waals surface area contributed by atoms with E-state index in [2.05, 4.69) is 15.1 Å². The van der Waals surface area contributed by atoms with Crippen molar-refractivity contribution in [2.75, 3.05) is 20.2 Å². The quantitative estimate of drug-likeness (QED) is 0.275. The van der Waals surface area contributed by atoms with Crippen LogP contribution in [0.4, 0.5) is 4.39 Å². The van der Waals surface area contributed by atoms with Crippen LogP contribution in [0.2, 0.25) is 0 Å². The summed E-state index contributed by atoms with van der Waals surface area (Å²) >= 11 is -1.52. The van der Waals surface area contributed by atoms with Crippen LogP contribution in [0.1, 0.15) is 28.2 Å². The Balaban J connectivity index is 1.40. The maximum Gasteiger partial charge on any atom is 0.213 e. The number of nitrogens with zero attached hydrogens (tertiary/aromatic N) is 5. The fraction of sp³-hybridized carbons (Fsp3) is 0.214. The van der Waals surface area contributed by atoms with E-state index in [-0.39, 0.29) is 18.1 Å². The number of carbonyl (C=O) groups is 1. The van der Waals surface area contributed by atoms with Crippen LogP contribution in [0.15, 0.2) is 83.7 Å². The molecule has 0 radical (unpaired) electrons. The van der Waals surface area contributed by atoms with Crippen molar-refractivity contribution in [2.24, 2.45) is 5.41 Å². The third-order valence-corrected chi connectivity index (χ3v) is 8.56. The lowest BCUT2D eigenvalue weighted by molar-refractivity contribution is 0.0770. The minimum absolute atomic E-state index is 0.112. The van der Waals surface area contributed by atoms with Gasteiger partial charge in [0.2, 0.25) is 5.88 Å². The number of aromatic nitrogens is 4. The number of pyridine rings is 2. The van der Waals surface area contributed by atoms with E-state index >= 15 is 0 Å². The lowest BCUT2D eigenvalue weighted by Crippen LogP contribution is -2.53. The van der Waals surface area contributed by atoms with E-state index in [0.717, 1.165) is 22.5 Å². The number of Topliss-reactive ketones (excluding diaryl/α,β-unsaturated/α-hetero) is 1. The number of hydrogen-bond acceptors (Lipinski definition) is 7. The van der Waals surface area contributed by atoms with Gasteiger partial charge in [0.05, 0.1) is 54.2 Å². The van der Waals surface area contributed by atoms with Gasteiger partial charge >= 0.3 is 0 Å². The molecule has 0 bridgehead atoms. The van der Waals surface area contributed by atoms with Crippen molar-refractivity contribution in [3.63, 3.8) is 0 Å². The van der Waals surface area contributed by atoms with Gasteiger partial charge in [-0.05, 0) is 60.9 Å². The molecule has 0 amide bonds. The molecule has 6 rings (SSSR count). The lowest BCUT2D eigenvalue weighted by atomic mass is 9.65. The molecule has 0 saturated carbocycles. The van der Waals surface area contributed by atoms with Crippen LogP contribution in [0.25, 0.3) is 11.8 Å². The average Bonchev–Trinajstić information content (AvgIpc) is 3.38. The van der Waals surface area contributed by atoms with Gasteiger partial charge in [0, 0.05) is 24.9 Å². The smallest absolute Gasteiger partial charge is 0.213 e.